The second kappa shape index (κ2) is 9.40. The van der Waals surface area contributed by atoms with Crippen molar-refractivity contribution < 1.29 is 14.6 Å². The number of aromatic amines is 1. The van der Waals surface area contributed by atoms with E-state index >= 15 is 0 Å². The van der Waals surface area contributed by atoms with Crippen LogP contribution in [-0.4, -0.2) is 69.8 Å². The molecule has 0 aliphatic rings. The van der Waals surface area contributed by atoms with E-state index in [1.54, 1.807) is 25.3 Å². The predicted octanol–water partition coefficient (Wildman–Crippen LogP) is 1.49. The zero-order valence-corrected chi connectivity index (χ0v) is 19.7. The van der Waals surface area contributed by atoms with Crippen molar-refractivity contribution in [3.05, 3.63) is 93.2 Å². The number of hydrogen-bond donors (Lipinski definition) is 2. The zero-order valence-electron chi connectivity index (χ0n) is 18.0. The monoisotopic (exact) mass is 511 g/mol. The fourth-order valence-corrected chi connectivity index (χ4v) is 3.88. The third-order valence-corrected chi connectivity index (χ3v) is 6.27. The summed E-state index contributed by atoms with van der Waals surface area (Å²) in [6.45, 7) is 0.393. The van der Waals surface area contributed by atoms with Gasteiger partial charge in [-0.05, 0) is 0 Å². The molecule has 10 heteroatoms. The van der Waals surface area contributed by atoms with E-state index in [9.17, 15) is 14.7 Å². The molecule has 168 valence electrons. The summed E-state index contributed by atoms with van der Waals surface area (Å²) in [5.74, 6) is 0.449. The summed E-state index contributed by atoms with van der Waals surface area (Å²) >= 11 is 3.07. The van der Waals surface area contributed by atoms with Crippen LogP contribution in [0.1, 0.15) is 33.0 Å². The summed E-state index contributed by atoms with van der Waals surface area (Å²) < 4.78 is 7.35. The molecular formula is C23H21N5O4Se. The van der Waals surface area contributed by atoms with Crippen molar-refractivity contribution in [3.8, 4) is 5.75 Å². The van der Waals surface area contributed by atoms with Gasteiger partial charge in [0.25, 0.3) is 0 Å². The van der Waals surface area contributed by atoms with Gasteiger partial charge in [0.05, 0.1) is 0 Å². The molecule has 0 spiro atoms. The average Bonchev–Trinajstić information content (AvgIpc) is 3.21. The molecule has 2 heterocycles. The molecule has 0 saturated carbocycles. The first-order chi connectivity index (χ1) is 15.9. The van der Waals surface area contributed by atoms with Gasteiger partial charge in [0.15, 0.2) is 0 Å². The molecule has 9 nitrogen and oxygen atoms in total. The molecule has 0 saturated heterocycles. The van der Waals surface area contributed by atoms with E-state index in [0.29, 0.717) is 23.6 Å². The summed E-state index contributed by atoms with van der Waals surface area (Å²) in [7, 11) is 3.52. The van der Waals surface area contributed by atoms with E-state index < -0.39 is 5.97 Å². The summed E-state index contributed by atoms with van der Waals surface area (Å²) in [6.07, 6.45) is 0.236. The van der Waals surface area contributed by atoms with Crippen molar-refractivity contribution in [2.24, 2.45) is 0 Å². The van der Waals surface area contributed by atoms with Crippen LogP contribution in [0.2, 0.25) is 0 Å². The van der Waals surface area contributed by atoms with Crippen LogP contribution in [0.3, 0.4) is 0 Å². The van der Waals surface area contributed by atoms with E-state index in [0.717, 1.165) is 15.9 Å². The number of nitrogens with one attached hydrogen (secondary N) is 1. The Morgan fingerprint density at radius 2 is 1.91 bits per heavy atom. The van der Waals surface area contributed by atoms with Gasteiger partial charge in [-0.25, -0.2) is 4.79 Å². The second-order valence-electron chi connectivity index (χ2n) is 7.42. The van der Waals surface area contributed by atoms with Gasteiger partial charge in [0.2, 0.25) is 0 Å². The summed E-state index contributed by atoms with van der Waals surface area (Å²) in [5.41, 5.74) is 2.04. The number of carboxylic acid groups (broad SMARTS) is 1. The number of benzene rings is 2. The SMILES string of the molecule is COc1ccc(C(=[Se])N(C)Cc2cc(=O)n3[nH]c(Cc4ccccc4C(=O)O)nc3n2)cc1. The Hall–Kier alpha value is -3.75. The van der Waals surface area contributed by atoms with Gasteiger partial charge in [-0.3, -0.25) is 0 Å². The van der Waals surface area contributed by atoms with Gasteiger partial charge in [-0.1, -0.05) is 6.07 Å². The Kier molecular flexibility index (Phi) is 6.39. The van der Waals surface area contributed by atoms with Crippen LogP contribution in [0.25, 0.3) is 5.78 Å². The van der Waals surface area contributed by atoms with Crippen LogP contribution in [0.15, 0.2) is 59.4 Å². The van der Waals surface area contributed by atoms with E-state index in [-0.39, 0.29) is 23.3 Å². The fourth-order valence-electron chi connectivity index (χ4n) is 3.46. The van der Waals surface area contributed by atoms with E-state index in [1.165, 1.54) is 16.6 Å². The standard InChI is InChI=1S/C23H21N5O4Se/c1-27(21(33)14-7-9-17(32-2)10-8-14)13-16-12-20(29)28-23(24-16)25-19(26-28)11-15-5-3-4-6-18(15)22(30)31/h3-10,12H,11,13H2,1-2H3,(H,30,31)(H,24,25,26). The molecule has 2 N–H and O–H groups in total. The molecule has 2 aromatic carbocycles. The molecule has 0 aliphatic carbocycles. The minimum atomic E-state index is -1.01. The van der Waals surface area contributed by atoms with Crippen LogP contribution >= 0.6 is 0 Å². The molecule has 0 aliphatic heterocycles. The Morgan fingerprint density at radius 1 is 1.18 bits per heavy atom. The molecule has 0 radical (unpaired) electrons. The van der Waals surface area contributed by atoms with Gasteiger partial charge < -0.3 is 5.11 Å². The number of hydrogen-bond acceptors (Lipinski definition) is 6. The number of aromatic carboxylic acids is 1. The molecule has 0 unspecified atom stereocenters. The van der Waals surface area contributed by atoms with Crippen molar-refractivity contribution in [1.82, 2.24) is 24.5 Å². The number of rotatable bonds is 8. The summed E-state index contributed by atoms with van der Waals surface area (Å²) in [4.78, 5) is 35.0. The molecular weight excluding hydrogens is 489 g/mol. The van der Waals surface area contributed by atoms with Crippen molar-refractivity contribution in [2.45, 2.75) is 13.0 Å². The third kappa shape index (κ3) is 4.87. The molecule has 2 aromatic heterocycles. The normalized spacial score (nSPS) is 10.8. The van der Waals surface area contributed by atoms with Crippen LogP contribution in [0, 0.1) is 0 Å². The summed E-state index contributed by atoms with van der Waals surface area (Å²) in [6, 6.07) is 15.8. The van der Waals surface area contributed by atoms with Crippen LogP contribution in [0.4, 0.5) is 0 Å². The number of methoxy groups -OCH3 is 1. The van der Waals surface area contributed by atoms with Gasteiger partial charge in [-0.15, -0.1) is 0 Å². The molecule has 0 bridgehead atoms. The first-order valence-corrected chi connectivity index (χ1v) is 10.9. The molecule has 33 heavy (non-hydrogen) atoms. The Morgan fingerprint density at radius 3 is 2.61 bits per heavy atom. The molecule has 0 atom stereocenters. The first-order valence-electron chi connectivity index (χ1n) is 10.0. The Balaban J connectivity index is 1.56. The van der Waals surface area contributed by atoms with Gasteiger partial charge in [0.1, 0.15) is 0 Å². The van der Waals surface area contributed by atoms with Crippen LogP contribution < -0.4 is 10.3 Å². The van der Waals surface area contributed by atoms with Crippen molar-refractivity contribution in [1.29, 1.82) is 0 Å². The zero-order chi connectivity index (χ0) is 23.5. The number of aromatic nitrogens is 4. The van der Waals surface area contributed by atoms with E-state index in [4.69, 9.17) is 4.74 Å². The number of carbonyl (C=O) groups is 1. The average molecular weight is 510 g/mol. The molecule has 4 aromatic rings. The molecule has 0 amide bonds. The topological polar surface area (TPSA) is 113 Å². The van der Waals surface area contributed by atoms with Gasteiger partial charge in [0, 0.05) is 0 Å². The van der Waals surface area contributed by atoms with E-state index in [2.05, 4.69) is 30.6 Å². The maximum absolute atomic E-state index is 12.6. The number of carboxylic acids is 1. The van der Waals surface area contributed by atoms with Crippen molar-refractivity contribution >= 4 is 31.9 Å². The Labute approximate surface area is 197 Å². The Bertz CT molecular complexity index is 1390. The predicted molar refractivity (Wildman–Crippen MR) is 124 cm³/mol. The maximum atomic E-state index is 12.6. The summed E-state index contributed by atoms with van der Waals surface area (Å²) in [5, 5.41) is 12.3. The van der Waals surface area contributed by atoms with Crippen molar-refractivity contribution in [3.63, 3.8) is 0 Å². The number of H-pyrrole nitrogens is 1. The fraction of sp³-hybridized carbons (Fsp3) is 0.174. The quantitative estimate of drug-likeness (QED) is 0.346. The van der Waals surface area contributed by atoms with Crippen molar-refractivity contribution in [2.75, 3.05) is 14.2 Å². The number of fused-ring (bicyclic) bond motifs is 1. The number of ether oxygens (including phenoxy) is 1. The van der Waals surface area contributed by atoms with E-state index in [1.807, 2.05) is 36.2 Å². The number of nitrogens with zero attached hydrogens (tertiary/aromatic N) is 4. The minimum absolute atomic E-state index is 0.196. The van der Waals surface area contributed by atoms with Gasteiger partial charge >= 0.3 is 181 Å². The van der Waals surface area contributed by atoms with Crippen LogP contribution in [-0.2, 0) is 13.0 Å². The second-order valence-corrected chi connectivity index (χ2v) is 8.23. The van der Waals surface area contributed by atoms with Crippen LogP contribution in [0.5, 0.6) is 5.75 Å². The first kappa shape index (κ1) is 22.4. The molecule has 4 rings (SSSR count). The third-order valence-electron chi connectivity index (χ3n) is 5.12. The van der Waals surface area contributed by atoms with Gasteiger partial charge in [-0.2, -0.15) is 0 Å². The molecule has 0 fully saturated rings.